The van der Waals surface area contributed by atoms with Gasteiger partial charge in [0.15, 0.2) is 0 Å². The lowest BCUT2D eigenvalue weighted by Gasteiger charge is -2.31. The van der Waals surface area contributed by atoms with E-state index in [0.29, 0.717) is 12.0 Å². The van der Waals surface area contributed by atoms with Crippen LogP contribution in [0.25, 0.3) is 0 Å². The van der Waals surface area contributed by atoms with Crippen molar-refractivity contribution in [3.05, 3.63) is 33.2 Å². The van der Waals surface area contributed by atoms with Gasteiger partial charge in [-0.1, -0.05) is 13.8 Å². The topological polar surface area (TPSA) is 62.5 Å². The molecule has 22 heavy (non-hydrogen) atoms. The summed E-state index contributed by atoms with van der Waals surface area (Å²) in [5.41, 5.74) is 2.97. The van der Waals surface area contributed by atoms with E-state index < -0.39 is 5.97 Å². The van der Waals surface area contributed by atoms with Crippen molar-refractivity contribution in [1.82, 2.24) is 9.47 Å². The molecule has 1 aromatic rings. The summed E-state index contributed by atoms with van der Waals surface area (Å²) in [4.78, 5) is 25.9. The van der Waals surface area contributed by atoms with Gasteiger partial charge in [-0.15, -0.1) is 0 Å². The molecule has 0 bridgehead atoms. The molecule has 2 rings (SSSR count). The summed E-state index contributed by atoms with van der Waals surface area (Å²) in [5, 5.41) is 8.89. The zero-order chi connectivity index (χ0) is 16.3. The van der Waals surface area contributed by atoms with Crippen LogP contribution in [0.3, 0.4) is 0 Å². The Hall–Kier alpha value is -1.62. The van der Waals surface area contributed by atoms with Gasteiger partial charge in [0.2, 0.25) is 0 Å². The minimum Gasteiger partial charge on any atom is -0.481 e. The molecule has 1 aliphatic heterocycles. The zero-order valence-corrected chi connectivity index (χ0v) is 13.8. The van der Waals surface area contributed by atoms with Gasteiger partial charge in [-0.3, -0.25) is 14.5 Å². The molecular formula is C17H26N2O3. The number of likely N-dealkylation sites (N-methyl/N-ethyl adjacent to an activating group) is 1. The first-order chi connectivity index (χ1) is 10.5. The van der Waals surface area contributed by atoms with E-state index in [-0.39, 0.29) is 18.0 Å². The summed E-state index contributed by atoms with van der Waals surface area (Å²) in [6, 6.07) is 2.10. The normalized spacial score (nSPS) is 16.3. The van der Waals surface area contributed by atoms with E-state index in [1.807, 2.05) is 10.6 Å². The number of nitrogens with zero attached hydrogens (tertiary/aromatic N) is 2. The first kappa shape index (κ1) is 16.7. The van der Waals surface area contributed by atoms with Gasteiger partial charge < -0.3 is 9.67 Å². The first-order valence-corrected chi connectivity index (χ1v) is 8.18. The fourth-order valence-electron chi connectivity index (χ4n) is 3.13. The molecule has 0 spiro atoms. The molecule has 122 valence electrons. The number of fused-ring (bicyclic) bond motifs is 1. The van der Waals surface area contributed by atoms with Gasteiger partial charge in [-0.2, -0.15) is 0 Å². The second kappa shape index (κ2) is 7.09. The zero-order valence-electron chi connectivity index (χ0n) is 13.8. The third-order valence-electron chi connectivity index (χ3n) is 4.65. The number of hydrogen-bond donors (Lipinski definition) is 1. The highest BCUT2D eigenvalue weighted by molar-refractivity contribution is 5.67. The van der Waals surface area contributed by atoms with Crippen LogP contribution in [0.1, 0.15) is 56.5 Å². The maximum Gasteiger partial charge on any atom is 0.303 e. The SMILES string of the molecule is CCC(C)n1c2c(cc(CCC(=O)O)c1=O)CN(CC)CC2. The Morgan fingerprint density at radius 1 is 1.41 bits per heavy atom. The third kappa shape index (κ3) is 3.40. The van der Waals surface area contributed by atoms with Crippen molar-refractivity contribution >= 4 is 5.97 Å². The molecule has 0 saturated heterocycles. The average molecular weight is 306 g/mol. The molecule has 0 aromatic carbocycles. The van der Waals surface area contributed by atoms with Crippen LogP contribution < -0.4 is 5.56 Å². The summed E-state index contributed by atoms with van der Waals surface area (Å²) in [6.45, 7) is 9.10. The molecule has 2 heterocycles. The Morgan fingerprint density at radius 3 is 2.73 bits per heavy atom. The molecule has 1 aromatic heterocycles. The Balaban J connectivity index is 2.48. The average Bonchev–Trinajstić information content (AvgIpc) is 2.51. The predicted molar refractivity (Wildman–Crippen MR) is 86.3 cm³/mol. The van der Waals surface area contributed by atoms with Gasteiger partial charge in [-0.25, -0.2) is 0 Å². The third-order valence-corrected chi connectivity index (χ3v) is 4.65. The molecule has 1 atom stereocenters. The second-order valence-corrected chi connectivity index (χ2v) is 6.09. The van der Waals surface area contributed by atoms with E-state index in [4.69, 9.17) is 5.11 Å². The van der Waals surface area contributed by atoms with Crippen molar-refractivity contribution in [1.29, 1.82) is 0 Å². The minimum atomic E-state index is -0.859. The molecule has 0 saturated carbocycles. The molecule has 5 heteroatoms. The molecule has 1 unspecified atom stereocenters. The van der Waals surface area contributed by atoms with E-state index in [1.165, 1.54) is 5.56 Å². The number of carbonyl (C=O) groups is 1. The lowest BCUT2D eigenvalue weighted by molar-refractivity contribution is -0.136. The highest BCUT2D eigenvalue weighted by Gasteiger charge is 2.23. The van der Waals surface area contributed by atoms with Crippen LogP contribution in [0.15, 0.2) is 10.9 Å². The number of aryl methyl sites for hydroxylation is 1. The molecular weight excluding hydrogens is 280 g/mol. The number of hydrogen-bond acceptors (Lipinski definition) is 3. The van der Waals surface area contributed by atoms with Gasteiger partial charge in [0.1, 0.15) is 0 Å². The van der Waals surface area contributed by atoms with Crippen LogP contribution in [0, 0.1) is 0 Å². The van der Waals surface area contributed by atoms with Crippen molar-refractivity contribution in [3.8, 4) is 0 Å². The van der Waals surface area contributed by atoms with E-state index >= 15 is 0 Å². The molecule has 0 radical (unpaired) electrons. The van der Waals surface area contributed by atoms with Gasteiger partial charge in [0.05, 0.1) is 0 Å². The fraction of sp³-hybridized carbons (Fsp3) is 0.647. The van der Waals surface area contributed by atoms with Crippen LogP contribution in [0.5, 0.6) is 0 Å². The highest BCUT2D eigenvalue weighted by Crippen LogP contribution is 2.22. The predicted octanol–water partition coefficient (Wildman–Crippen LogP) is 2.21. The number of aromatic nitrogens is 1. The van der Waals surface area contributed by atoms with Crippen LogP contribution in [0.2, 0.25) is 0 Å². The molecule has 1 N–H and O–H groups in total. The maximum absolute atomic E-state index is 12.8. The van der Waals surface area contributed by atoms with Crippen molar-refractivity contribution < 1.29 is 9.90 Å². The summed E-state index contributed by atoms with van der Waals surface area (Å²) in [7, 11) is 0. The van der Waals surface area contributed by atoms with E-state index in [2.05, 4.69) is 25.7 Å². The van der Waals surface area contributed by atoms with Crippen LogP contribution in [-0.2, 0) is 24.2 Å². The number of rotatable bonds is 6. The fourth-order valence-corrected chi connectivity index (χ4v) is 3.13. The Kier molecular flexibility index (Phi) is 5.40. The van der Waals surface area contributed by atoms with E-state index in [1.54, 1.807) is 0 Å². The van der Waals surface area contributed by atoms with Crippen molar-refractivity contribution in [2.45, 2.75) is 59.0 Å². The smallest absolute Gasteiger partial charge is 0.303 e. The lowest BCUT2D eigenvalue weighted by Crippen LogP contribution is -2.38. The number of carboxylic acid groups (broad SMARTS) is 1. The van der Waals surface area contributed by atoms with Crippen molar-refractivity contribution in [2.75, 3.05) is 13.1 Å². The Bertz CT molecular complexity index is 607. The Labute approximate surface area is 131 Å². The molecule has 0 fully saturated rings. The summed E-state index contributed by atoms with van der Waals surface area (Å²) in [6.07, 6.45) is 2.10. The van der Waals surface area contributed by atoms with Crippen LogP contribution >= 0.6 is 0 Å². The van der Waals surface area contributed by atoms with Gasteiger partial charge in [0, 0.05) is 43.2 Å². The van der Waals surface area contributed by atoms with Gasteiger partial charge >= 0.3 is 5.97 Å². The molecule has 1 aliphatic rings. The Morgan fingerprint density at radius 2 is 2.14 bits per heavy atom. The monoisotopic (exact) mass is 306 g/mol. The standard InChI is InChI=1S/C17H26N2O3/c1-4-12(3)19-15-8-9-18(5-2)11-14(15)10-13(17(19)22)6-7-16(20)21/h10,12H,4-9,11H2,1-3H3,(H,20,21). The highest BCUT2D eigenvalue weighted by atomic mass is 16.4. The minimum absolute atomic E-state index is 0.000650. The van der Waals surface area contributed by atoms with Gasteiger partial charge in [0.25, 0.3) is 5.56 Å². The van der Waals surface area contributed by atoms with E-state index in [9.17, 15) is 9.59 Å². The first-order valence-electron chi connectivity index (χ1n) is 8.18. The second-order valence-electron chi connectivity index (χ2n) is 6.09. The van der Waals surface area contributed by atoms with Crippen molar-refractivity contribution in [3.63, 3.8) is 0 Å². The molecule has 5 nitrogen and oxygen atoms in total. The molecule has 0 amide bonds. The maximum atomic E-state index is 12.8. The number of carboxylic acids is 1. The number of aliphatic carboxylic acids is 1. The number of pyridine rings is 1. The van der Waals surface area contributed by atoms with Crippen molar-refractivity contribution in [2.24, 2.45) is 0 Å². The largest absolute Gasteiger partial charge is 0.481 e. The quantitative estimate of drug-likeness (QED) is 0.875. The van der Waals surface area contributed by atoms with E-state index in [0.717, 1.165) is 38.2 Å². The summed E-state index contributed by atoms with van der Waals surface area (Å²) in [5.74, 6) is -0.859. The van der Waals surface area contributed by atoms with Crippen LogP contribution in [0.4, 0.5) is 0 Å². The van der Waals surface area contributed by atoms with Crippen LogP contribution in [-0.4, -0.2) is 33.6 Å². The summed E-state index contributed by atoms with van der Waals surface area (Å²) >= 11 is 0. The summed E-state index contributed by atoms with van der Waals surface area (Å²) < 4.78 is 1.92. The molecule has 0 aliphatic carbocycles. The lowest BCUT2D eigenvalue weighted by atomic mass is 9.99. The van der Waals surface area contributed by atoms with Gasteiger partial charge in [-0.05, 0) is 37.9 Å².